The SMILES string of the molecule is C[C@@H](NC(=O)c1cc(Br)c[nH]1)c1ccccn1. The average Bonchev–Trinajstić information content (AvgIpc) is 2.77. The maximum absolute atomic E-state index is 11.9. The zero-order valence-corrected chi connectivity index (χ0v) is 10.9. The number of aromatic nitrogens is 2. The lowest BCUT2D eigenvalue weighted by Gasteiger charge is -2.12. The van der Waals surface area contributed by atoms with Crippen LogP contribution in [0.2, 0.25) is 0 Å². The summed E-state index contributed by atoms with van der Waals surface area (Å²) in [5, 5.41) is 2.87. The van der Waals surface area contributed by atoms with Crippen LogP contribution in [0.3, 0.4) is 0 Å². The van der Waals surface area contributed by atoms with Crippen molar-refractivity contribution in [3.05, 3.63) is 52.5 Å². The summed E-state index contributed by atoms with van der Waals surface area (Å²) in [6.45, 7) is 1.90. The van der Waals surface area contributed by atoms with Gasteiger partial charge in [0.25, 0.3) is 5.91 Å². The molecule has 0 fully saturated rings. The number of hydrogen-bond donors (Lipinski definition) is 2. The second-order valence-corrected chi connectivity index (χ2v) is 4.60. The minimum absolute atomic E-state index is 0.120. The van der Waals surface area contributed by atoms with Crippen molar-refractivity contribution in [2.45, 2.75) is 13.0 Å². The smallest absolute Gasteiger partial charge is 0.268 e. The predicted octanol–water partition coefficient (Wildman–Crippen LogP) is 2.66. The first-order valence-corrected chi connectivity index (χ1v) is 6.02. The summed E-state index contributed by atoms with van der Waals surface area (Å²) in [7, 11) is 0. The average molecular weight is 294 g/mol. The monoisotopic (exact) mass is 293 g/mol. The first-order chi connectivity index (χ1) is 8.16. The number of nitrogens with one attached hydrogen (secondary N) is 2. The molecular weight excluding hydrogens is 282 g/mol. The molecule has 4 nitrogen and oxygen atoms in total. The maximum atomic E-state index is 11.9. The predicted molar refractivity (Wildman–Crippen MR) is 68.6 cm³/mol. The number of carbonyl (C=O) groups is 1. The minimum Gasteiger partial charge on any atom is -0.356 e. The third-order valence-corrected chi connectivity index (χ3v) is 2.83. The highest BCUT2D eigenvalue weighted by Gasteiger charge is 2.13. The first kappa shape index (κ1) is 11.9. The van der Waals surface area contributed by atoms with E-state index in [1.54, 1.807) is 18.5 Å². The summed E-state index contributed by atoms with van der Waals surface area (Å²) in [4.78, 5) is 18.9. The van der Waals surface area contributed by atoms with Gasteiger partial charge in [0.15, 0.2) is 0 Å². The zero-order chi connectivity index (χ0) is 12.3. The van der Waals surface area contributed by atoms with Crippen LogP contribution in [0.25, 0.3) is 0 Å². The van der Waals surface area contributed by atoms with Crippen molar-refractivity contribution in [1.29, 1.82) is 0 Å². The van der Waals surface area contributed by atoms with Gasteiger partial charge < -0.3 is 10.3 Å². The quantitative estimate of drug-likeness (QED) is 0.914. The number of hydrogen-bond acceptors (Lipinski definition) is 2. The van der Waals surface area contributed by atoms with Crippen molar-refractivity contribution >= 4 is 21.8 Å². The summed E-state index contributed by atoms with van der Waals surface area (Å²) in [5.74, 6) is -0.145. The molecule has 2 aromatic heterocycles. The molecule has 0 aliphatic carbocycles. The van der Waals surface area contributed by atoms with Crippen molar-refractivity contribution in [2.24, 2.45) is 0 Å². The molecule has 2 rings (SSSR count). The van der Waals surface area contributed by atoms with Gasteiger partial charge >= 0.3 is 0 Å². The Bertz CT molecular complexity index is 509. The van der Waals surface area contributed by atoms with Crippen molar-refractivity contribution in [3.63, 3.8) is 0 Å². The number of H-pyrrole nitrogens is 1. The lowest BCUT2D eigenvalue weighted by atomic mass is 10.2. The number of carbonyl (C=O) groups excluding carboxylic acids is 1. The van der Waals surface area contributed by atoms with Crippen LogP contribution in [0.1, 0.15) is 29.1 Å². The molecule has 2 heterocycles. The van der Waals surface area contributed by atoms with Crippen LogP contribution >= 0.6 is 15.9 Å². The number of halogens is 1. The van der Waals surface area contributed by atoms with Gasteiger partial charge in [-0.1, -0.05) is 6.07 Å². The second-order valence-electron chi connectivity index (χ2n) is 3.68. The number of amides is 1. The molecule has 0 bridgehead atoms. The summed E-state index contributed by atoms with van der Waals surface area (Å²) < 4.78 is 0.855. The van der Waals surface area contributed by atoms with Crippen LogP contribution in [0.15, 0.2) is 41.1 Å². The van der Waals surface area contributed by atoms with E-state index in [9.17, 15) is 4.79 Å². The van der Waals surface area contributed by atoms with E-state index < -0.39 is 0 Å². The topological polar surface area (TPSA) is 57.8 Å². The molecule has 2 aromatic rings. The molecule has 0 aromatic carbocycles. The summed E-state index contributed by atoms with van der Waals surface area (Å²) >= 11 is 3.29. The molecule has 88 valence electrons. The van der Waals surface area contributed by atoms with Crippen molar-refractivity contribution in [2.75, 3.05) is 0 Å². The van der Waals surface area contributed by atoms with Crippen LogP contribution < -0.4 is 5.32 Å². The number of nitrogens with zero attached hydrogens (tertiary/aromatic N) is 1. The van der Waals surface area contributed by atoms with E-state index in [1.165, 1.54) is 0 Å². The fraction of sp³-hybridized carbons (Fsp3) is 0.167. The first-order valence-electron chi connectivity index (χ1n) is 5.22. The Balaban J connectivity index is 2.04. The summed E-state index contributed by atoms with van der Waals surface area (Å²) in [6.07, 6.45) is 3.43. The Morgan fingerprint density at radius 3 is 2.94 bits per heavy atom. The van der Waals surface area contributed by atoms with Crippen molar-refractivity contribution < 1.29 is 4.79 Å². The van der Waals surface area contributed by atoms with Crippen LogP contribution in [0.5, 0.6) is 0 Å². The van der Waals surface area contributed by atoms with E-state index in [2.05, 4.69) is 31.2 Å². The molecule has 2 N–H and O–H groups in total. The normalized spacial score (nSPS) is 12.1. The van der Waals surface area contributed by atoms with Crippen LogP contribution in [-0.4, -0.2) is 15.9 Å². The standard InChI is InChI=1S/C12H12BrN3O/c1-8(10-4-2-3-5-14-10)16-12(17)11-6-9(13)7-15-11/h2-8,15H,1H3,(H,16,17)/t8-/m1/s1. The van der Waals surface area contributed by atoms with E-state index in [0.717, 1.165) is 10.2 Å². The number of aromatic amines is 1. The molecule has 0 spiro atoms. The molecule has 0 unspecified atom stereocenters. The third kappa shape index (κ3) is 2.94. The molecule has 1 amide bonds. The fourth-order valence-electron chi connectivity index (χ4n) is 1.48. The Labute approximate surface area is 108 Å². The van der Waals surface area contributed by atoms with E-state index in [1.807, 2.05) is 25.1 Å². The Morgan fingerprint density at radius 2 is 2.35 bits per heavy atom. The number of pyridine rings is 1. The molecule has 0 saturated carbocycles. The third-order valence-electron chi connectivity index (χ3n) is 2.37. The lowest BCUT2D eigenvalue weighted by molar-refractivity contribution is 0.0934. The van der Waals surface area contributed by atoms with Gasteiger partial charge in [-0.15, -0.1) is 0 Å². The molecule has 0 aliphatic heterocycles. The van der Waals surface area contributed by atoms with Gasteiger partial charge in [0, 0.05) is 16.9 Å². The Kier molecular flexibility index (Phi) is 3.58. The van der Waals surface area contributed by atoms with Crippen LogP contribution in [-0.2, 0) is 0 Å². The fourth-order valence-corrected chi connectivity index (χ4v) is 1.82. The molecule has 0 radical (unpaired) electrons. The highest BCUT2D eigenvalue weighted by atomic mass is 79.9. The highest BCUT2D eigenvalue weighted by Crippen LogP contribution is 2.13. The maximum Gasteiger partial charge on any atom is 0.268 e. The van der Waals surface area contributed by atoms with Gasteiger partial charge in [-0.25, -0.2) is 0 Å². The van der Waals surface area contributed by atoms with Crippen molar-refractivity contribution in [3.8, 4) is 0 Å². The van der Waals surface area contributed by atoms with E-state index in [-0.39, 0.29) is 11.9 Å². The van der Waals surface area contributed by atoms with Gasteiger partial charge in [-0.05, 0) is 41.1 Å². The van der Waals surface area contributed by atoms with Crippen LogP contribution in [0, 0.1) is 0 Å². The zero-order valence-electron chi connectivity index (χ0n) is 9.27. The van der Waals surface area contributed by atoms with Gasteiger partial charge in [-0.2, -0.15) is 0 Å². The minimum atomic E-state index is -0.145. The van der Waals surface area contributed by atoms with Gasteiger partial charge in [-0.3, -0.25) is 9.78 Å². The molecule has 17 heavy (non-hydrogen) atoms. The van der Waals surface area contributed by atoms with Crippen LogP contribution in [0.4, 0.5) is 0 Å². The summed E-state index contributed by atoms with van der Waals surface area (Å²) in [5.41, 5.74) is 1.37. The highest BCUT2D eigenvalue weighted by molar-refractivity contribution is 9.10. The van der Waals surface area contributed by atoms with Gasteiger partial charge in [0.05, 0.1) is 11.7 Å². The molecule has 0 aliphatic rings. The summed E-state index contributed by atoms with van der Waals surface area (Å²) in [6, 6.07) is 7.25. The molecule has 1 atom stereocenters. The van der Waals surface area contributed by atoms with E-state index in [4.69, 9.17) is 0 Å². The van der Waals surface area contributed by atoms with E-state index >= 15 is 0 Å². The van der Waals surface area contributed by atoms with Gasteiger partial charge in [0.2, 0.25) is 0 Å². The molecular formula is C12H12BrN3O. The second kappa shape index (κ2) is 5.14. The largest absolute Gasteiger partial charge is 0.356 e. The number of rotatable bonds is 3. The van der Waals surface area contributed by atoms with E-state index in [0.29, 0.717) is 5.69 Å². The molecule has 0 saturated heterocycles. The lowest BCUT2D eigenvalue weighted by Crippen LogP contribution is -2.27. The van der Waals surface area contributed by atoms with Gasteiger partial charge in [0.1, 0.15) is 5.69 Å². The molecule has 5 heteroatoms. The Hall–Kier alpha value is -1.62. The van der Waals surface area contributed by atoms with Crippen molar-refractivity contribution in [1.82, 2.24) is 15.3 Å². The Morgan fingerprint density at radius 1 is 1.53 bits per heavy atom.